The second-order valence-electron chi connectivity index (χ2n) is 9.93. The smallest absolute Gasteiger partial charge is 0.434 e. The Bertz CT molecular complexity index is 734. The fourth-order valence-corrected chi connectivity index (χ4v) is 3.17. The summed E-state index contributed by atoms with van der Waals surface area (Å²) >= 11 is 0. The lowest BCUT2D eigenvalue weighted by Crippen LogP contribution is -2.38. The highest BCUT2D eigenvalue weighted by molar-refractivity contribution is 5.66. The molecule has 0 unspecified atom stereocenters. The molecule has 1 aromatic carbocycles. The Kier molecular flexibility index (Phi) is 24.3. The third-order valence-electron chi connectivity index (χ3n) is 5.18. The van der Waals surface area contributed by atoms with Crippen LogP contribution in [-0.4, -0.2) is 136 Å². The molecule has 42 heavy (non-hydrogen) atoms. The van der Waals surface area contributed by atoms with E-state index < -0.39 is 11.7 Å². The van der Waals surface area contributed by atoms with Gasteiger partial charge in [0, 0.05) is 7.11 Å². The molecule has 0 N–H and O–H groups in total. The van der Waals surface area contributed by atoms with E-state index in [9.17, 15) is 4.79 Å². The van der Waals surface area contributed by atoms with E-state index in [1.165, 1.54) is 5.06 Å². The average molecular weight is 604 g/mol. The number of hydrogen-bond acceptors (Lipinski definition) is 11. The van der Waals surface area contributed by atoms with Gasteiger partial charge in [-0.25, -0.2) is 4.79 Å². The van der Waals surface area contributed by atoms with Gasteiger partial charge in [0.25, 0.3) is 0 Å². The predicted octanol–water partition coefficient (Wildman–Crippen LogP) is 3.16. The Labute approximate surface area is 251 Å². The summed E-state index contributed by atoms with van der Waals surface area (Å²) in [5.74, 6) is 0. The maximum absolute atomic E-state index is 12.5. The van der Waals surface area contributed by atoms with E-state index in [1.807, 2.05) is 51.1 Å². The minimum absolute atomic E-state index is 0.223. The fourth-order valence-electron chi connectivity index (χ4n) is 3.17. The van der Waals surface area contributed by atoms with Gasteiger partial charge in [0.15, 0.2) is 0 Å². The number of benzene rings is 1. The first-order chi connectivity index (χ1) is 20.4. The summed E-state index contributed by atoms with van der Waals surface area (Å²) in [5, 5.41) is 1.26. The van der Waals surface area contributed by atoms with Gasteiger partial charge in [-0.05, 0) is 32.8 Å². The number of amides is 1. The quantitative estimate of drug-likeness (QED) is 0.104. The summed E-state index contributed by atoms with van der Waals surface area (Å²) in [6.45, 7) is 13.5. The summed E-state index contributed by atoms with van der Waals surface area (Å²) in [5.41, 5.74) is 0.501. The molecular formula is C30H53NO11. The first kappa shape index (κ1) is 38.2. The number of carbonyl (C=O) groups is 1. The minimum Gasteiger partial charge on any atom is -0.442 e. The van der Waals surface area contributed by atoms with Gasteiger partial charge < -0.3 is 42.6 Å². The normalized spacial score (nSPS) is 11.6. The van der Waals surface area contributed by atoms with Crippen LogP contribution >= 0.6 is 0 Å². The molecule has 1 rings (SSSR count). The van der Waals surface area contributed by atoms with Crippen LogP contribution in [0.4, 0.5) is 4.79 Å². The molecule has 0 spiro atoms. The van der Waals surface area contributed by atoms with E-state index in [0.29, 0.717) is 112 Å². The number of ether oxygens (including phenoxy) is 9. The largest absolute Gasteiger partial charge is 0.442 e. The van der Waals surface area contributed by atoms with E-state index in [4.69, 9.17) is 47.5 Å². The molecule has 1 amide bonds. The Morgan fingerprint density at radius 2 is 0.976 bits per heavy atom. The zero-order valence-electron chi connectivity index (χ0n) is 26.1. The Morgan fingerprint density at radius 3 is 1.36 bits per heavy atom. The average Bonchev–Trinajstić information content (AvgIpc) is 2.96. The highest BCUT2D eigenvalue weighted by Crippen LogP contribution is 2.11. The van der Waals surface area contributed by atoms with Crippen LogP contribution in [0.25, 0.3) is 0 Å². The zero-order chi connectivity index (χ0) is 30.6. The molecule has 0 fully saturated rings. The topological polar surface area (TPSA) is 113 Å². The van der Waals surface area contributed by atoms with Crippen LogP contribution in [0.15, 0.2) is 30.3 Å². The zero-order valence-corrected chi connectivity index (χ0v) is 26.1. The van der Waals surface area contributed by atoms with Crippen LogP contribution in [0, 0.1) is 0 Å². The minimum atomic E-state index is -0.609. The first-order valence-corrected chi connectivity index (χ1v) is 14.6. The predicted molar refractivity (Wildman–Crippen MR) is 157 cm³/mol. The van der Waals surface area contributed by atoms with Crippen molar-refractivity contribution in [2.24, 2.45) is 0 Å². The number of methoxy groups -OCH3 is 1. The van der Waals surface area contributed by atoms with Crippen molar-refractivity contribution < 1.29 is 52.3 Å². The van der Waals surface area contributed by atoms with Crippen LogP contribution in [0.2, 0.25) is 0 Å². The van der Waals surface area contributed by atoms with Crippen molar-refractivity contribution in [2.45, 2.75) is 32.8 Å². The van der Waals surface area contributed by atoms with Gasteiger partial charge in [-0.3, -0.25) is 4.84 Å². The van der Waals surface area contributed by atoms with E-state index in [0.717, 1.165) is 5.56 Å². The highest BCUT2D eigenvalue weighted by atomic mass is 16.7. The van der Waals surface area contributed by atoms with Crippen molar-refractivity contribution in [1.29, 1.82) is 0 Å². The number of nitrogens with zero attached hydrogens (tertiary/aromatic N) is 1. The van der Waals surface area contributed by atoms with E-state index in [-0.39, 0.29) is 6.61 Å². The molecule has 0 atom stereocenters. The van der Waals surface area contributed by atoms with Gasteiger partial charge in [0.2, 0.25) is 0 Å². The van der Waals surface area contributed by atoms with Gasteiger partial charge in [0.1, 0.15) is 5.60 Å². The van der Waals surface area contributed by atoms with E-state index >= 15 is 0 Å². The Morgan fingerprint density at radius 1 is 0.595 bits per heavy atom. The van der Waals surface area contributed by atoms with Gasteiger partial charge in [-0.15, -0.1) is 0 Å². The molecule has 0 aliphatic heterocycles. The van der Waals surface area contributed by atoms with Crippen molar-refractivity contribution in [3.8, 4) is 0 Å². The van der Waals surface area contributed by atoms with E-state index in [2.05, 4.69) is 0 Å². The van der Waals surface area contributed by atoms with Crippen molar-refractivity contribution in [3.05, 3.63) is 35.9 Å². The summed E-state index contributed by atoms with van der Waals surface area (Å²) in [6, 6.07) is 9.91. The van der Waals surface area contributed by atoms with Crippen LogP contribution in [-0.2, 0) is 53.9 Å². The van der Waals surface area contributed by atoms with Crippen LogP contribution in [0.5, 0.6) is 0 Å². The van der Waals surface area contributed by atoms with E-state index in [1.54, 1.807) is 7.11 Å². The number of hydroxylamine groups is 2. The monoisotopic (exact) mass is 603 g/mol. The summed E-state index contributed by atoms with van der Waals surface area (Å²) < 4.78 is 48.5. The maximum atomic E-state index is 12.5. The van der Waals surface area contributed by atoms with Crippen molar-refractivity contribution in [3.63, 3.8) is 0 Å². The standard InChI is InChI=1S/C30H53NO11/c1-30(2,3)42-29(32)31(11-10-28-8-6-5-7-9-28)41-27-26-40-25-24-39-23-22-38-21-20-37-19-18-36-17-16-35-15-14-34-13-12-33-4/h5-9H,10-27H2,1-4H3. The molecule has 0 heterocycles. The summed E-state index contributed by atoms with van der Waals surface area (Å²) in [6.07, 6.45) is 0.138. The Hall–Kier alpha value is -1.87. The molecule has 1 aromatic rings. The molecule has 0 aliphatic rings. The molecule has 0 aromatic heterocycles. The number of hydrogen-bond donors (Lipinski definition) is 0. The van der Waals surface area contributed by atoms with Crippen molar-refractivity contribution in [2.75, 3.05) is 119 Å². The van der Waals surface area contributed by atoms with Crippen LogP contribution in [0.1, 0.15) is 26.3 Å². The lowest BCUT2D eigenvalue weighted by molar-refractivity contribution is -0.157. The van der Waals surface area contributed by atoms with Gasteiger partial charge in [-0.1, -0.05) is 30.3 Å². The van der Waals surface area contributed by atoms with Crippen LogP contribution < -0.4 is 0 Å². The van der Waals surface area contributed by atoms with Crippen molar-refractivity contribution >= 4 is 6.09 Å². The SMILES string of the molecule is COCCOCCOCCOCCOCCOCCOCCOCCON(CCc1ccccc1)C(=O)OC(C)(C)C. The van der Waals surface area contributed by atoms with Gasteiger partial charge in [0.05, 0.1) is 112 Å². The second kappa shape index (κ2) is 26.7. The van der Waals surface area contributed by atoms with Crippen LogP contribution in [0.3, 0.4) is 0 Å². The molecule has 12 heteroatoms. The number of carbonyl (C=O) groups excluding carboxylic acids is 1. The third kappa shape index (κ3) is 24.7. The molecule has 0 radical (unpaired) electrons. The lowest BCUT2D eigenvalue weighted by Gasteiger charge is -2.26. The van der Waals surface area contributed by atoms with Gasteiger partial charge >= 0.3 is 6.09 Å². The molecular weight excluding hydrogens is 550 g/mol. The molecule has 0 bridgehead atoms. The second-order valence-corrected chi connectivity index (χ2v) is 9.93. The lowest BCUT2D eigenvalue weighted by atomic mass is 10.1. The van der Waals surface area contributed by atoms with Gasteiger partial charge in [-0.2, -0.15) is 5.06 Å². The summed E-state index contributed by atoms with van der Waals surface area (Å²) in [7, 11) is 1.64. The van der Waals surface area contributed by atoms with Crippen molar-refractivity contribution in [1.82, 2.24) is 5.06 Å². The maximum Gasteiger partial charge on any atom is 0.434 e. The molecule has 244 valence electrons. The third-order valence-corrected chi connectivity index (χ3v) is 5.18. The highest BCUT2D eigenvalue weighted by Gasteiger charge is 2.23. The molecule has 12 nitrogen and oxygen atoms in total. The Balaban J connectivity index is 1.91. The first-order valence-electron chi connectivity index (χ1n) is 14.6. The number of rotatable bonds is 28. The fraction of sp³-hybridized carbons (Fsp3) is 0.767. The molecule has 0 aliphatic carbocycles. The molecule has 0 saturated carbocycles. The summed E-state index contributed by atoms with van der Waals surface area (Å²) in [4.78, 5) is 18.2. The molecule has 0 saturated heterocycles.